The van der Waals surface area contributed by atoms with Gasteiger partial charge in [0.2, 0.25) is 0 Å². The van der Waals surface area contributed by atoms with E-state index in [1.54, 1.807) is 0 Å². The number of halogens is 1. The predicted molar refractivity (Wildman–Crippen MR) is 39.5 cm³/mol. The molecule has 0 heterocycles. The average Bonchev–Trinajstić information content (AvgIpc) is 1.81. The maximum Gasteiger partial charge on any atom is 0.703 e. The third-order valence-corrected chi connectivity index (χ3v) is 3.24. The van der Waals surface area contributed by atoms with Crippen molar-refractivity contribution in [3.05, 3.63) is 0 Å². The Morgan fingerprint density at radius 2 is 2.27 bits per heavy atom. The highest BCUT2D eigenvalue weighted by molar-refractivity contribution is 7.59. The van der Waals surface area contributed by atoms with Gasteiger partial charge in [0.25, 0.3) is 0 Å². The molecule has 11 heavy (non-hydrogen) atoms. The first kappa shape index (κ1) is 11.5. The summed E-state index contributed by atoms with van der Waals surface area (Å²) in [5.41, 5.74) is 0. The molecule has 2 atom stereocenters. The summed E-state index contributed by atoms with van der Waals surface area (Å²) >= 11 is 4.97. The van der Waals surface area contributed by atoms with Crippen molar-refractivity contribution in [2.45, 2.75) is 0 Å². The van der Waals surface area contributed by atoms with Gasteiger partial charge in [0.1, 0.15) is 0 Å². The zero-order valence-corrected chi connectivity index (χ0v) is 7.85. The van der Waals surface area contributed by atoms with Crippen LogP contribution in [0.2, 0.25) is 0 Å². The third kappa shape index (κ3) is 6.84. The summed E-state index contributed by atoms with van der Waals surface area (Å²) in [5.74, 6) is 0. The van der Waals surface area contributed by atoms with Gasteiger partial charge in [-0.25, -0.2) is 4.84 Å². The Kier molecular flexibility index (Phi) is 5.38. The van der Waals surface area contributed by atoms with Crippen molar-refractivity contribution in [1.29, 1.82) is 0 Å². The largest absolute Gasteiger partial charge is 0.703 e. The molecule has 0 aliphatic carbocycles. The molecule has 0 saturated carbocycles. The summed E-state index contributed by atoms with van der Waals surface area (Å²) in [6, 6.07) is 0. The lowest BCUT2D eigenvalue weighted by molar-refractivity contribution is 0.350. The monoisotopic (exact) mass is 222 g/mol. The summed E-state index contributed by atoms with van der Waals surface area (Å²) in [5, 5.41) is 0. The second kappa shape index (κ2) is 5.17. The highest BCUT2D eigenvalue weighted by Gasteiger charge is 2.31. The molecule has 0 fully saturated rings. The molecule has 0 aromatic rings. The fraction of sp³-hybridized carbons (Fsp3) is 1.00. The molecule has 0 radical (unpaired) electrons. The molecule has 0 aliphatic heterocycles. The second-order valence-corrected chi connectivity index (χ2v) is 4.68. The van der Waals surface area contributed by atoms with Crippen LogP contribution < -0.4 is 4.84 Å². The standard InChI is InChI=1S/C2H6ClNO5P2/c3-4-1-2-11(7,8)9-10(5)6/h4H,1-2H2,(H-,5,6,7,8)/p+1. The lowest BCUT2D eigenvalue weighted by atomic mass is 10.8. The lowest BCUT2D eigenvalue weighted by Crippen LogP contribution is -2.06. The van der Waals surface area contributed by atoms with E-state index in [4.69, 9.17) is 21.6 Å². The van der Waals surface area contributed by atoms with Crippen molar-refractivity contribution in [2.75, 3.05) is 12.7 Å². The van der Waals surface area contributed by atoms with Crippen LogP contribution in [0.15, 0.2) is 0 Å². The van der Waals surface area contributed by atoms with E-state index in [0.717, 1.165) is 0 Å². The Morgan fingerprint density at radius 1 is 1.73 bits per heavy atom. The molecule has 0 aromatic carbocycles. The Hall–Kier alpha value is 0.460. The molecular weight excluding hydrogens is 215 g/mol. The van der Waals surface area contributed by atoms with E-state index in [9.17, 15) is 9.13 Å². The summed E-state index contributed by atoms with van der Waals surface area (Å²) in [6.07, 6.45) is -0.307. The van der Waals surface area contributed by atoms with Crippen LogP contribution in [0.3, 0.4) is 0 Å². The average molecular weight is 222 g/mol. The Morgan fingerprint density at radius 3 is 2.64 bits per heavy atom. The molecule has 0 saturated heterocycles. The highest BCUT2D eigenvalue weighted by atomic mass is 35.5. The minimum atomic E-state index is -3.95. The van der Waals surface area contributed by atoms with Crippen molar-refractivity contribution in [1.82, 2.24) is 4.84 Å². The summed E-state index contributed by atoms with van der Waals surface area (Å²) < 4.78 is 24.4. The van der Waals surface area contributed by atoms with Crippen LogP contribution in [0.5, 0.6) is 0 Å². The minimum Gasteiger partial charge on any atom is -0.322 e. The van der Waals surface area contributed by atoms with Crippen LogP contribution >= 0.6 is 27.6 Å². The maximum absolute atomic E-state index is 10.7. The van der Waals surface area contributed by atoms with Gasteiger partial charge in [-0.05, 0) is 16.1 Å². The van der Waals surface area contributed by atoms with Crippen molar-refractivity contribution in [3.63, 3.8) is 0 Å². The van der Waals surface area contributed by atoms with Gasteiger partial charge in [0.15, 0.2) is 0 Å². The number of rotatable bonds is 5. The normalized spacial score (nSPS) is 17.5. The quantitative estimate of drug-likeness (QED) is 0.465. The van der Waals surface area contributed by atoms with Crippen LogP contribution in [-0.4, -0.2) is 22.5 Å². The fourth-order valence-corrected chi connectivity index (χ4v) is 2.15. The highest BCUT2D eigenvalue weighted by Crippen LogP contribution is 2.48. The molecular formula is C2H7ClNO5P2+. The van der Waals surface area contributed by atoms with Gasteiger partial charge in [0.05, 0.1) is 6.16 Å². The van der Waals surface area contributed by atoms with Gasteiger partial charge in [-0.15, -0.1) is 4.89 Å². The van der Waals surface area contributed by atoms with Crippen LogP contribution in [-0.2, 0) is 13.4 Å². The topological polar surface area (TPSA) is 95.9 Å². The van der Waals surface area contributed by atoms with Crippen LogP contribution in [0, 0.1) is 0 Å². The van der Waals surface area contributed by atoms with E-state index in [1.165, 1.54) is 0 Å². The summed E-state index contributed by atoms with van der Waals surface area (Å²) in [4.78, 5) is 18.9. The Labute approximate surface area is 69.1 Å². The van der Waals surface area contributed by atoms with Gasteiger partial charge in [0, 0.05) is 11.1 Å². The van der Waals surface area contributed by atoms with Crippen molar-refractivity contribution >= 4 is 27.6 Å². The first-order chi connectivity index (χ1) is 4.98. The maximum atomic E-state index is 10.7. The van der Waals surface area contributed by atoms with Crippen molar-refractivity contribution < 1.29 is 23.2 Å². The van der Waals surface area contributed by atoms with E-state index in [2.05, 4.69) is 9.15 Å². The number of hydrogen-bond donors (Lipinski definition) is 3. The first-order valence-electron chi connectivity index (χ1n) is 2.49. The zero-order chi connectivity index (χ0) is 8.91. The number of hydrogen-bond acceptors (Lipinski definition) is 4. The molecule has 0 spiro atoms. The van der Waals surface area contributed by atoms with Gasteiger partial charge in [-0.2, -0.15) is 0 Å². The van der Waals surface area contributed by atoms with E-state index < -0.39 is 15.9 Å². The molecule has 0 bridgehead atoms. The van der Waals surface area contributed by atoms with Crippen molar-refractivity contribution in [3.8, 4) is 0 Å². The summed E-state index contributed by atoms with van der Waals surface area (Å²) in [6.45, 7) is 0.0263. The Balaban J connectivity index is 3.80. The smallest absolute Gasteiger partial charge is 0.322 e. The van der Waals surface area contributed by atoms with Gasteiger partial charge >= 0.3 is 15.9 Å². The number of nitrogens with one attached hydrogen (secondary N) is 1. The lowest BCUT2D eigenvalue weighted by Gasteiger charge is -2.00. The molecule has 0 aliphatic rings. The minimum absolute atomic E-state index is 0.0263. The molecule has 2 unspecified atom stereocenters. The van der Waals surface area contributed by atoms with E-state index in [0.29, 0.717) is 0 Å². The van der Waals surface area contributed by atoms with Crippen LogP contribution in [0.25, 0.3) is 0 Å². The molecule has 3 N–H and O–H groups in total. The predicted octanol–water partition coefficient (Wildman–Crippen LogP) is 0.581. The zero-order valence-electron chi connectivity index (χ0n) is 5.31. The second-order valence-electron chi connectivity index (χ2n) is 1.56. The molecule has 66 valence electrons. The van der Waals surface area contributed by atoms with E-state index in [-0.39, 0.29) is 12.7 Å². The van der Waals surface area contributed by atoms with Crippen LogP contribution in [0.4, 0.5) is 0 Å². The molecule has 0 amide bonds. The first-order valence-corrected chi connectivity index (χ1v) is 5.76. The SMILES string of the molecule is O=[P+](O)OP(=O)(O)CCNCl. The third-order valence-electron chi connectivity index (χ3n) is 0.686. The van der Waals surface area contributed by atoms with Crippen LogP contribution in [0.1, 0.15) is 0 Å². The van der Waals surface area contributed by atoms with Gasteiger partial charge < -0.3 is 4.89 Å². The Bertz CT molecular complexity index is 185. The molecule has 9 heteroatoms. The van der Waals surface area contributed by atoms with E-state index in [1.807, 2.05) is 0 Å². The van der Waals surface area contributed by atoms with Crippen molar-refractivity contribution in [2.24, 2.45) is 0 Å². The van der Waals surface area contributed by atoms with E-state index >= 15 is 0 Å². The fourth-order valence-electron chi connectivity index (χ4n) is 0.334. The van der Waals surface area contributed by atoms with Gasteiger partial charge in [-0.1, -0.05) is 0 Å². The molecule has 0 rings (SSSR count). The van der Waals surface area contributed by atoms with Gasteiger partial charge in [-0.3, -0.25) is 4.57 Å². The molecule has 6 nitrogen and oxygen atoms in total. The summed E-state index contributed by atoms with van der Waals surface area (Å²) in [7, 11) is -6.98. The molecule has 0 aromatic heterocycles.